The van der Waals surface area contributed by atoms with E-state index in [4.69, 9.17) is 13.9 Å². The molecule has 0 N–H and O–H groups in total. The first-order valence-electron chi connectivity index (χ1n) is 10.4. The molecule has 164 valence electrons. The third kappa shape index (κ3) is 5.16. The van der Waals surface area contributed by atoms with Crippen LogP contribution in [-0.4, -0.2) is 55.7 Å². The number of hydrogen-bond acceptors (Lipinski definition) is 5. The molecule has 28 heavy (non-hydrogen) atoms. The average Bonchev–Trinajstić information content (AvgIpc) is 2.75. The molecule has 0 spiro atoms. The fourth-order valence-electron chi connectivity index (χ4n) is 4.70. The largest absolute Gasteiger partial charge is 0.444 e. The molecule has 2 atom stereocenters. The highest BCUT2D eigenvalue weighted by Gasteiger charge is 2.53. The molecule has 0 aromatic carbocycles. The van der Waals surface area contributed by atoms with Crippen molar-refractivity contribution in [2.75, 3.05) is 6.61 Å². The van der Waals surface area contributed by atoms with Crippen LogP contribution in [0, 0.1) is 0 Å². The molecule has 6 nitrogen and oxygen atoms in total. The van der Waals surface area contributed by atoms with Crippen LogP contribution in [0.5, 0.6) is 0 Å². The highest BCUT2D eigenvalue weighted by molar-refractivity contribution is 6.77. The smallest absolute Gasteiger partial charge is 0.413 e. The van der Waals surface area contributed by atoms with Crippen molar-refractivity contribution in [3.8, 4) is 0 Å². The molecule has 1 heterocycles. The SMILES string of the molecule is CC(C)[Si](OC[C@H]1[C@@H](C=O)OC(C)(C)N1C(=O)OC(C)(C)C)(C(C)C)C(C)C. The van der Waals surface area contributed by atoms with Crippen molar-refractivity contribution >= 4 is 20.7 Å². The molecule has 0 bridgehead atoms. The van der Waals surface area contributed by atoms with E-state index in [0.29, 0.717) is 16.6 Å². The molecule has 0 aromatic heterocycles. The summed E-state index contributed by atoms with van der Waals surface area (Å²) in [7, 11) is -2.15. The Labute approximate surface area is 172 Å². The summed E-state index contributed by atoms with van der Waals surface area (Å²) in [6.07, 6.45) is -0.453. The zero-order chi connectivity index (χ0) is 22.1. The fraction of sp³-hybridized carbons (Fsp3) is 0.905. The lowest BCUT2D eigenvalue weighted by Crippen LogP contribution is -2.55. The fourth-order valence-corrected chi connectivity index (χ4v) is 10.2. The van der Waals surface area contributed by atoms with E-state index in [0.717, 1.165) is 6.29 Å². The van der Waals surface area contributed by atoms with Crippen LogP contribution in [0.25, 0.3) is 0 Å². The zero-order valence-electron chi connectivity index (χ0n) is 19.7. The van der Waals surface area contributed by atoms with Gasteiger partial charge in [0.2, 0.25) is 0 Å². The Morgan fingerprint density at radius 1 is 1.11 bits per heavy atom. The first-order valence-corrected chi connectivity index (χ1v) is 12.5. The van der Waals surface area contributed by atoms with E-state index in [1.165, 1.54) is 4.90 Å². The Bertz CT molecular complexity index is 532. The van der Waals surface area contributed by atoms with Crippen LogP contribution in [-0.2, 0) is 18.7 Å². The summed E-state index contributed by atoms with van der Waals surface area (Å²) in [6, 6.07) is -0.509. The van der Waals surface area contributed by atoms with E-state index in [2.05, 4.69) is 41.5 Å². The van der Waals surface area contributed by atoms with Crippen molar-refractivity contribution in [3.05, 3.63) is 0 Å². The molecule has 0 radical (unpaired) electrons. The van der Waals surface area contributed by atoms with Gasteiger partial charge in [-0.15, -0.1) is 0 Å². The van der Waals surface area contributed by atoms with Crippen LogP contribution in [0.15, 0.2) is 0 Å². The van der Waals surface area contributed by atoms with Gasteiger partial charge in [0.25, 0.3) is 0 Å². The van der Waals surface area contributed by atoms with Gasteiger partial charge in [-0.2, -0.15) is 0 Å². The second-order valence-corrected chi connectivity index (χ2v) is 15.7. The minimum absolute atomic E-state index is 0.271. The number of hydrogen-bond donors (Lipinski definition) is 0. The minimum Gasteiger partial charge on any atom is -0.444 e. The molecule has 7 heteroatoms. The third-order valence-electron chi connectivity index (χ3n) is 5.65. The number of nitrogens with zero attached hydrogens (tertiary/aromatic N) is 1. The van der Waals surface area contributed by atoms with Gasteiger partial charge >= 0.3 is 6.09 Å². The highest BCUT2D eigenvalue weighted by Crippen LogP contribution is 2.43. The molecular formula is C21H41NO5Si. The lowest BCUT2D eigenvalue weighted by Gasteiger charge is -2.43. The van der Waals surface area contributed by atoms with Gasteiger partial charge in [-0.1, -0.05) is 41.5 Å². The summed E-state index contributed by atoms with van der Waals surface area (Å²) in [5, 5.41) is 0. The van der Waals surface area contributed by atoms with Crippen LogP contribution in [0.4, 0.5) is 4.79 Å². The van der Waals surface area contributed by atoms with Crippen LogP contribution in [0.3, 0.4) is 0 Å². The van der Waals surface area contributed by atoms with Crippen molar-refractivity contribution < 1.29 is 23.5 Å². The maximum Gasteiger partial charge on any atom is 0.413 e. The number of ether oxygens (including phenoxy) is 2. The van der Waals surface area contributed by atoms with E-state index in [-0.39, 0.29) is 6.61 Å². The topological polar surface area (TPSA) is 65.1 Å². The minimum atomic E-state index is -2.15. The van der Waals surface area contributed by atoms with Gasteiger partial charge in [-0.25, -0.2) is 4.79 Å². The van der Waals surface area contributed by atoms with Gasteiger partial charge in [0, 0.05) is 0 Å². The Hall–Kier alpha value is -0.923. The first kappa shape index (κ1) is 25.1. The molecule has 1 amide bonds. The average molecular weight is 416 g/mol. The van der Waals surface area contributed by atoms with Crippen LogP contribution in [0.2, 0.25) is 16.6 Å². The Kier molecular flexibility index (Phi) is 7.93. The summed E-state index contributed by atoms with van der Waals surface area (Å²) in [5.41, 5.74) is -0.350. The third-order valence-corrected chi connectivity index (χ3v) is 11.7. The zero-order valence-corrected chi connectivity index (χ0v) is 20.7. The van der Waals surface area contributed by atoms with Gasteiger partial charge in [-0.05, 0) is 51.2 Å². The Morgan fingerprint density at radius 2 is 1.57 bits per heavy atom. The Balaban J connectivity index is 3.21. The number of aldehydes is 1. The number of amides is 1. The molecule has 0 aromatic rings. The van der Waals surface area contributed by atoms with E-state index in [1.807, 2.05) is 20.8 Å². The number of rotatable bonds is 7. The maximum atomic E-state index is 12.9. The molecule has 0 unspecified atom stereocenters. The quantitative estimate of drug-likeness (QED) is 0.426. The lowest BCUT2D eigenvalue weighted by atomic mass is 10.1. The molecule has 1 aliphatic rings. The second kappa shape index (κ2) is 8.84. The molecule has 1 aliphatic heterocycles. The van der Waals surface area contributed by atoms with Gasteiger partial charge in [0.1, 0.15) is 17.4 Å². The van der Waals surface area contributed by atoms with E-state index in [9.17, 15) is 9.59 Å². The molecular weight excluding hydrogens is 374 g/mol. The summed E-state index contributed by atoms with van der Waals surface area (Å²) in [6.45, 7) is 22.6. The van der Waals surface area contributed by atoms with Gasteiger partial charge in [-0.3, -0.25) is 4.90 Å². The summed E-state index contributed by atoms with van der Waals surface area (Å²) in [4.78, 5) is 26.2. The number of carbonyl (C=O) groups excluding carboxylic acids is 2. The van der Waals surface area contributed by atoms with Crippen LogP contribution < -0.4 is 0 Å². The molecule has 1 rings (SSSR count). The standard InChI is InChI=1S/C21H41NO5Si/c1-14(2)28(15(3)4,16(5)6)25-13-17-18(12-23)26-21(10,11)22(17)19(24)27-20(7,8)9/h12,14-18H,13H2,1-11H3/t17-,18+/m0/s1. The molecule has 0 aliphatic carbocycles. The van der Waals surface area contributed by atoms with Crippen molar-refractivity contribution in [2.45, 2.75) is 116 Å². The predicted octanol–water partition coefficient (Wildman–Crippen LogP) is 5.12. The molecule has 1 fully saturated rings. The lowest BCUT2D eigenvalue weighted by molar-refractivity contribution is -0.124. The van der Waals surface area contributed by atoms with Crippen molar-refractivity contribution in [1.29, 1.82) is 0 Å². The van der Waals surface area contributed by atoms with Crippen molar-refractivity contribution in [3.63, 3.8) is 0 Å². The van der Waals surface area contributed by atoms with Gasteiger partial charge in [0.05, 0.1) is 12.6 Å². The van der Waals surface area contributed by atoms with Crippen molar-refractivity contribution in [1.82, 2.24) is 4.90 Å². The second-order valence-electron chi connectivity index (χ2n) is 10.2. The normalized spacial score (nSPS) is 23.0. The summed E-state index contributed by atoms with van der Waals surface area (Å²) < 4.78 is 18.2. The van der Waals surface area contributed by atoms with Gasteiger partial charge in [0.15, 0.2) is 14.6 Å². The van der Waals surface area contributed by atoms with E-state index >= 15 is 0 Å². The van der Waals surface area contributed by atoms with Crippen molar-refractivity contribution in [2.24, 2.45) is 0 Å². The highest BCUT2D eigenvalue weighted by atomic mass is 28.4. The molecule has 1 saturated heterocycles. The maximum absolute atomic E-state index is 12.9. The van der Waals surface area contributed by atoms with Gasteiger partial charge < -0.3 is 18.7 Å². The number of carbonyl (C=O) groups is 2. The predicted molar refractivity (Wildman–Crippen MR) is 114 cm³/mol. The Morgan fingerprint density at radius 3 is 1.93 bits per heavy atom. The van der Waals surface area contributed by atoms with Crippen LogP contribution >= 0.6 is 0 Å². The van der Waals surface area contributed by atoms with E-state index < -0.39 is 37.9 Å². The van der Waals surface area contributed by atoms with Crippen LogP contribution in [0.1, 0.15) is 76.2 Å². The van der Waals surface area contributed by atoms with E-state index in [1.54, 1.807) is 13.8 Å². The monoisotopic (exact) mass is 415 g/mol. The first-order chi connectivity index (χ1) is 12.6. The molecule has 0 saturated carbocycles. The summed E-state index contributed by atoms with van der Waals surface area (Å²) >= 11 is 0. The summed E-state index contributed by atoms with van der Waals surface area (Å²) in [5.74, 6) is 0.